The highest BCUT2D eigenvalue weighted by molar-refractivity contribution is 5.77. The molecule has 1 atom stereocenters. The summed E-state index contributed by atoms with van der Waals surface area (Å²) in [6.45, 7) is 7.84. The maximum Gasteiger partial charge on any atom is 0.248 e. The van der Waals surface area contributed by atoms with Gasteiger partial charge >= 0.3 is 0 Å². The number of morpholine rings is 1. The third-order valence-corrected chi connectivity index (χ3v) is 3.15. The molecule has 1 aliphatic rings. The molecule has 0 aromatic rings. The summed E-state index contributed by atoms with van der Waals surface area (Å²) in [5.41, 5.74) is 0. The van der Waals surface area contributed by atoms with E-state index in [1.54, 1.807) is 0 Å². The van der Waals surface area contributed by atoms with Crippen LogP contribution in [0.5, 0.6) is 0 Å². The van der Waals surface area contributed by atoms with Crippen molar-refractivity contribution in [1.29, 1.82) is 0 Å². The Hall–Kier alpha value is -0.610. The van der Waals surface area contributed by atoms with Crippen LogP contribution in [0.4, 0.5) is 0 Å². The van der Waals surface area contributed by atoms with Crippen LogP contribution in [0.2, 0.25) is 0 Å². The lowest BCUT2D eigenvalue weighted by Crippen LogP contribution is -2.45. The Morgan fingerprint density at radius 2 is 2.33 bits per heavy atom. The Morgan fingerprint density at radius 1 is 1.60 bits per heavy atom. The Bertz CT molecular complexity index is 209. The fourth-order valence-corrected chi connectivity index (χ4v) is 1.60. The van der Waals surface area contributed by atoms with Crippen LogP contribution < -0.4 is 0 Å². The maximum atomic E-state index is 11.4. The molecule has 1 saturated heterocycles. The highest BCUT2D eigenvalue weighted by atomic mass is 16.5. The van der Waals surface area contributed by atoms with Gasteiger partial charge in [0.2, 0.25) is 5.91 Å². The predicted octanol–water partition coefficient (Wildman–Crippen LogP) is 0.575. The van der Waals surface area contributed by atoms with Crippen molar-refractivity contribution in [3.63, 3.8) is 0 Å². The molecule has 0 spiro atoms. The monoisotopic (exact) mass is 214 g/mol. The van der Waals surface area contributed by atoms with Crippen LogP contribution in [0, 0.1) is 0 Å². The zero-order valence-corrected chi connectivity index (χ0v) is 10.0. The van der Waals surface area contributed by atoms with Gasteiger partial charge in [0, 0.05) is 25.7 Å². The SMILES string of the molecule is CCC(C)N(C)CCN1CCOCC1=O. The molecular weight excluding hydrogens is 192 g/mol. The Balaban J connectivity index is 2.26. The van der Waals surface area contributed by atoms with Crippen molar-refractivity contribution < 1.29 is 9.53 Å². The van der Waals surface area contributed by atoms with Crippen LogP contribution in [-0.4, -0.2) is 61.6 Å². The highest BCUT2D eigenvalue weighted by Crippen LogP contribution is 2.02. The molecule has 0 saturated carbocycles. The molecular formula is C11H22N2O2. The van der Waals surface area contributed by atoms with E-state index in [2.05, 4.69) is 25.8 Å². The molecule has 1 unspecified atom stereocenters. The van der Waals surface area contributed by atoms with Crippen LogP contribution in [0.3, 0.4) is 0 Å². The molecule has 15 heavy (non-hydrogen) atoms. The van der Waals surface area contributed by atoms with Gasteiger partial charge in [-0.15, -0.1) is 0 Å². The molecule has 0 N–H and O–H groups in total. The van der Waals surface area contributed by atoms with Crippen molar-refractivity contribution >= 4 is 5.91 Å². The lowest BCUT2D eigenvalue weighted by molar-refractivity contribution is -0.142. The summed E-state index contributed by atoms with van der Waals surface area (Å²) in [6.07, 6.45) is 1.15. The van der Waals surface area contributed by atoms with Crippen LogP contribution in [0.1, 0.15) is 20.3 Å². The average molecular weight is 214 g/mol. The minimum atomic E-state index is 0.124. The Labute approximate surface area is 92.2 Å². The van der Waals surface area contributed by atoms with Crippen molar-refractivity contribution in [2.45, 2.75) is 26.3 Å². The van der Waals surface area contributed by atoms with Gasteiger partial charge in [-0.25, -0.2) is 0 Å². The van der Waals surface area contributed by atoms with Gasteiger partial charge in [-0.2, -0.15) is 0 Å². The first kappa shape index (κ1) is 12.5. The van der Waals surface area contributed by atoms with Gasteiger partial charge < -0.3 is 14.5 Å². The van der Waals surface area contributed by atoms with E-state index in [0.717, 1.165) is 26.1 Å². The number of ether oxygens (including phenoxy) is 1. The van der Waals surface area contributed by atoms with Crippen molar-refractivity contribution in [3.05, 3.63) is 0 Å². The van der Waals surface area contributed by atoms with Gasteiger partial charge in [0.1, 0.15) is 6.61 Å². The first-order chi connectivity index (χ1) is 7.15. The summed E-state index contributed by atoms with van der Waals surface area (Å²) < 4.78 is 5.08. The minimum absolute atomic E-state index is 0.124. The summed E-state index contributed by atoms with van der Waals surface area (Å²) in [6, 6.07) is 0.584. The maximum absolute atomic E-state index is 11.4. The van der Waals surface area contributed by atoms with Crippen LogP contribution >= 0.6 is 0 Å². The number of hydrogen-bond acceptors (Lipinski definition) is 3. The molecule has 0 radical (unpaired) electrons. The largest absolute Gasteiger partial charge is 0.370 e. The summed E-state index contributed by atoms with van der Waals surface area (Å²) in [7, 11) is 2.11. The van der Waals surface area contributed by atoms with E-state index in [4.69, 9.17) is 4.74 Å². The number of carbonyl (C=O) groups excluding carboxylic acids is 1. The van der Waals surface area contributed by atoms with Gasteiger partial charge in [-0.3, -0.25) is 4.79 Å². The first-order valence-corrected chi connectivity index (χ1v) is 5.71. The van der Waals surface area contributed by atoms with E-state index in [0.29, 0.717) is 12.6 Å². The van der Waals surface area contributed by atoms with E-state index in [1.807, 2.05) is 4.90 Å². The molecule has 88 valence electrons. The smallest absolute Gasteiger partial charge is 0.248 e. The van der Waals surface area contributed by atoms with Gasteiger partial charge in [0.15, 0.2) is 0 Å². The molecule has 0 aromatic carbocycles. The zero-order chi connectivity index (χ0) is 11.3. The van der Waals surface area contributed by atoms with E-state index in [-0.39, 0.29) is 12.5 Å². The van der Waals surface area contributed by atoms with E-state index in [1.165, 1.54) is 0 Å². The molecule has 4 nitrogen and oxygen atoms in total. The number of nitrogens with zero attached hydrogens (tertiary/aromatic N) is 2. The minimum Gasteiger partial charge on any atom is -0.370 e. The van der Waals surface area contributed by atoms with Crippen molar-refractivity contribution in [3.8, 4) is 0 Å². The molecule has 1 fully saturated rings. The summed E-state index contributed by atoms with van der Waals surface area (Å²) in [5, 5.41) is 0. The van der Waals surface area contributed by atoms with E-state index >= 15 is 0 Å². The second kappa shape index (κ2) is 6.08. The fraction of sp³-hybridized carbons (Fsp3) is 0.909. The van der Waals surface area contributed by atoms with Gasteiger partial charge in [0.25, 0.3) is 0 Å². The van der Waals surface area contributed by atoms with Crippen LogP contribution in [0.15, 0.2) is 0 Å². The Morgan fingerprint density at radius 3 is 2.93 bits per heavy atom. The van der Waals surface area contributed by atoms with Gasteiger partial charge in [-0.1, -0.05) is 6.92 Å². The Kier molecular flexibility index (Phi) is 5.05. The quantitative estimate of drug-likeness (QED) is 0.671. The molecule has 0 aliphatic carbocycles. The number of carbonyl (C=O) groups is 1. The summed E-state index contributed by atoms with van der Waals surface area (Å²) in [5.74, 6) is 0.124. The summed E-state index contributed by atoms with van der Waals surface area (Å²) in [4.78, 5) is 15.6. The second-order valence-electron chi connectivity index (χ2n) is 4.17. The second-order valence-corrected chi connectivity index (χ2v) is 4.17. The topological polar surface area (TPSA) is 32.8 Å². The number of likely N-dealkylation sites (N-methyl/N-ethyl adjacent to an activating group) is 1. The molecule has 1 rings (SSSR count). The van der Waals surface area contributed by atoms with Crippen LogP contribution in [0.25, 0.3) is 0 Å². The van der Waals surface area contributed by atoms with Crippen LogP contribution in [-0.2, 0) is 9.53 Å². The first-order valence-electron chi connectivity index (χ1n) is 5.71. The highest BCUT2D eigenvalue weighted by Gasteiger charge is 2.18. The molecule has 1 amide bonds. The normalized spacial score (nSPS) is 19.7. The standard InChI is InChI=1S/C11H22N2O2/c1-4-10(2)12(3)5-6-13-7-8-15-9-11(13)14/h10H,4-9H2,1-3H3. The predicted molar refractivity (Wildman–Crippen MR) is 59.8 cm³/mol. The molecule has 0 aromatic heterocycles. The third kappa shape index (κ3) is 3.80. The lowest BCUT2D eigenvalue weighted by Gasteiger charge is -2.30. The van der Waals surface area contributed by atoms with Crippen molar-refractivity contribution in [1.82, 2.24) is 9.80 Å². The molecule has 0 bridgehead atoms. The average Bonchev–Trinajstić information content (AvgIpc) is 2.26. The van der Waals surface area contributed by atoms with Crippen molar-refractivity contribution in [2.75, 3.05) is 39.9 Å². The van der Waals surface area contributed by atoms with Gasteiger partial charge in [0.05, 0.1) is 6.61 Å². The molecule has 1 heterocycles. The number of hydrogen-bond donors (Lipinski definition) is 0. The number of rotatable bonds is 5. The third-order valence-electron chi connectivity index (χ3n) is 3.15. The van der Waals surface area contributed by atoms with Crippen molar-refractivity contribution in [2.24, 2.45) is 0 Å². The fourth-order valence-electron chi connectivity index (χ4n) is 1.60. The van der Waals surface area contributed by atoms with Gasteiger partial charge in [-0.05, 0) is 20.4 Å². The van der Waals surface area contributed by atoms with E-state index in [9.17, 15) is 4.79 Å². The number of amides is 1. The molecule has 4 heteroatoms. The lowest BCUT2D eigenvalue weighted by atomic mass is 10.2. The summed E-state index contributed by atoms with van der Waals surface area (Å²) >= 11 is 0. The zero-order valence-electron chi connectivity index (χ0n) is 10.0. The van der Waals surface area contributed by atoms with E-state index < -0.39 is 0 Å². The molecule has 1 aliphatic heterocycles.